The molecule has 0 N–H and O–H groups in total. The average molecular weight is 204 g/mol. The third-order valence-corrected chi connectivity index (χ3v) is 4.44. The highest BCUT2D eigenvalue weighted by Gasteiger charge is 2.36. The van der Waals surface area contributed by atoms with Crippen molar-refractivity contribution in [3.63, 3.8) is 0 Å². The minimum absolute atomic E-state index is 0.815. The Morgan fingerprint density at radius 1 is 1.20 bits per heavy atom. The summed E-state index contributed by atoms with van der Waals surface area (Å²) in [5.74, 6) is 4.26. The Kier molecular flexibility index (Phi) is 3.04. The first-order valence-corrected chi connectivity index (χ1v) is 6.46. The lowest BCUT2D eigenvalue weighted by atomic mass is 9.62. The summed E-state index contributed by atoms with van der Waals surface area (Å²) < 4.78 is 0. The molecule has 84 valence electrons. The lowest BCUT2D eigenvalue weighted by Gasteiger charge is -2.43. The Hall–Kier alpha value is -0.520. The van der Waals surface area contributed by atoms with Gasteiger partial charge in [-0.05, 0) is 49.4 Å². The monoisotopic (exact) mass is 204 g/mol. The van der Waals surface area contributed by atoms with Gasteiger partial charge in [-0.15, -0.1) is 0 Å². The van der Waals surface area contributed by atoms with Gasteiger partial charge in [0.05, 0.1) is 0 Å². The van der Waals surface area contributed by atoms with Crippen molar-refractivity contribution in [1.82, 2.24) is 0 Å². The van der Waals surface area contributed by atoms with Crippen LogP contribution in [0.15, 0.2) is 23.8 Å². The number of fused-ring (bicyclic) bond motifs is 1. The molecular formula is C15H24. The van der Waals surface area contributed by atoms with Gasteiger partial charge < -0.3 is 0 Å². The molecule has 15 heavy (non-hydrogen) atoms. The summed E-state index contributed by atoms with van der Waals surface area (Å²) in [5.41, 5.74) is 1.47. The Morgan fingerprint density at radius 2 is 1.93 bits per heavy atom. The van der Waals surface area contributed by atoms with Gasteiger partial charge in [-0.3, -0.25) is 0 Å². The van der Waals surface area contributed by atoms with Crippen LogP contribution in [0.5, 0.6) is 0 Å². The second-order valence-corrected chi connectivity index (χ2v) is 5.89. The third kappa shape index (κ3) is 2.04. The van der Waals surface area contributed by atoms with E-state index in [-0.39, 0.29) is 0 Å². The smallest absolute Gasteiger partial charge is 0.0131 e. The summed E-state index contributed by atoms with van der Waals surface area (Å²) in [4.78, 5) is 0. The Labute approximate surface area is 94.5 Å². The Bertz CT molecular complexity index is 282. The van der Waals surface area contributed by atoms with Gasteiger partial charge in [-0.2, -0.15) is 0 Å². The van der Waals surface area contributed by atoms with Gasteiger partial charge in [0.15, 0.2) is 0 Å². The highest BCUT2D eigenvalue weighted by atomic mass is 14.4. The van der Waals surface area contributed by atoms with Crippen LogP contribution in [-0.4, -0.2) is 0 Å². The molecule has 0 bridgehead atoms. The zero-order valence-electron chi connectivity index (χ0n) is 10.5. The van der Waals surface area contributed by atoms with Crippen molar-refractivity contribution in [2.45, 2.75) is 40.5 Å². The molecule has 0 saturated heterocycles. The van der Waals surface area contributed by atoms with E-state index < -0.39 is 0 Å². The molecule has 0 aromatic heterocycles. The number of rotatable bonds is 1. The number of hydrogen-bond donors (Lipinski definition) is 0. The van der Waals surface area contributed by atoms with Gasteiger partial charge in [0.25, 0.3) is 0 Å². The van der Waals surface area contributed by atoms with Crippen LogP contribution < -0.4 is 0 Å². The molecule has 1 fully saturated rings. The van der Waals surface area contributed by atoms with Crippen molar-refractivity contribution < 1.29 is 0 Å². The van der Waals surface area contributed by atoms with Gasteiger partial charge >= 0.3 is 0 Å². The lowest BCUT2D eigenvalue weighted by molar-refractivity contribution is 0.129. The van der Waals surface area contributed by atoms with Crippen LogP contribution in [0.1, 0.15) is 40.5 Å². The molecule has 0 aromatic rings. The lowest BCUT2D eigenvalue weighted by Crippen LogP contribution is -2.35. The van der Waals surface area contributed by atoms with Crippen LogP contribution in [0, 0.1) is 29.6 Å². The van der Waals surface area contributed by atoms with Gasteiger partial charge in [0.2, 0.25) is 0 Å². The van der Waals surface area contributed by atoms with Crippen LogP contribution in [0.4, 0.5) is 0 Å². The van der Waals surface area contributed by atoms with Gasteiger partial charge in [0, 0.05) is 0 Å². The van der Waals surface area contributed by atoms with Crippen LogP contribution in [0.3, 0.4) is 0 Å². The van der Waals surface area contributed by atoms with Crippen LogP contribution in [-0.2, 0) is 0 Å². The predicted octanol–water partition coefficient (Wildman–Crippen LogP) is 4.44. The summed E-state index contributed by atoms with van der Waals surface area (Å²) in [6.07, 6.45) is 10.2. The van der Waals surface area contributed by atoms with Crippen molar-refractivity contribution in [3.05, 3.63) is 23.8 Å². The fourth-order valence-corrected chi connectivity index (χ4v) is 3.46. The summed E-state index contributed by atoms with van der Waals surface area (Å²) in [5, 5.41) is 0. The molecule has 0 nitrogen and oxygen atoms in total. The van der Waals surface area contributed by atoms with E-state index in [9.17, 15) is 0 Å². The quantitative estimate of drug-likeness (QED) is 0.592. The van der Waals surface area contributed by atoms with E-state index in [1.54, 1.807) is 0 Å². The fourth-order valence-electron chi connectivity index (χ4n) is 3.46. The van der Waals surface area contributed by atoms with Crippen molar-refractivity contribution in [1.29, 1.82) is 0 Å². The van der Waals surface area contributed by atoms with Crippen molar-refractivity contribution >= 4 is 0 Å². The molecule has 0 spiro atoms. The molecule has 0 aliphatic heterocycles. The van der Waals surface area contributed by atoms with E-state index in [1.807, 2.05) is 0 Å². The van der Waals surface area contributed by atoms with E-state index in [0.717, 1.165) is 29.6 Å². The zero-order valence-corrected chi connectivity index (χ0v) is 10.5. The molecular weight excluding hydrogens is 180 g/mol. The fraction of sp³-hybridized carbons (Fsp3) is 0.733. The Balaban J connectivity index is 2.23. The molecule has 4 atom stereocenters. The molecule has 1 saturated carbocycles. The van der Waals surface area contributed by atoms with Crippen molar-refractivity contribution in [2.75, 3.05) is 0 Å². The first-order chi connectivity index (χ1) is 7.09. The second-order valence-electron chi connectivity index (χ2n) is 5.89. The average Bonchev–Trinajstić information content (AvgIpc) is 2.17. The highest BCUT2D eigenvalue weighted by Crippen LogP contribution is 2.45. The largest absolute Gasteiger partial charge is 0.0803 e. The molecule has 0 radical (unpaired) electrons. The molecule has 2 unspecified atom stereocenters. The van der Waals surface area contributed by atoms with Crippen LogP contribution >= 0.6 is 0 Å². The van der Waals surface area contributed by atoms with Crippen LogP contribution in [0.25, 0.3) is 0 Å². The number of allylic oxidation sites excluding steroid dienone is 4. The van der Waals surface area contributed by atoms with Gasteiger partial charge in [-0.1, -0.05) is 44.6 Å². The van der Waals surface area contributed by atoms with E-state index in [4.69, 9.17) is 0 Å². The highest BCUT2D eigenvalue weighted by molar-refractivity contribution is 5.25. The molecule has 0 heterocycles. The standard InChI is InChI=1S/C15H24/c1-10(2)13-8-6-12(4)14-7-5-11(3)9-15(13)14/h5,7,9-10,12-15H,6,8H2,1-4H3/t12-,13+,14?,15?/m1/s1. The molecule has 0 amide bonds. The summed E-state index contributed by atoms with van der Waals surface area (Å²) in [6, 6.07) is 0. The third-order valence-electron chi connectivity index (χ3n) is 4.44. The topological polar surface area (TPSA) is 0 Å². The maximum atomic E-state index is 2.53. The molecule has 2 aliphatic rings. The first-order valence-electron chi connectivity index (χ1n) is 6.46. The summed E-state index contributed by atoms with van der Waals surface area (Å²) in [6.45, 7) is 9.44. The zero-order chi connectivity index (χ0) is 11.0. The number of hydrogen-bond acceptors (Lipinski definition) is 0. The van der Waals surface area contributed by atoms with Gasteiger partial charge in [-0.25, -0.2) is 0 Å². The molecule has 2 aliphatic carbocycles. The summed E-state index contributed by atoms with van der Waals surface area (Å²) in [7, 11) is 0. The van der Waals surface area contributed by atoms with E-state index >= 15 is 0 Å². The van der Waals surface area contributed by atoms with E-state index in [1.165, 1.54) is 18.4 Å². The predicted molar refractivity (Wildman–Crippen MR) is 66.6 cm³/mol. The van der Waals surface area contributed by atoms with Crippen molar-refractivity contribution in [3.8, 4) is 0 Å². The van der Waals surface area contributed by atoms with E-state index in [2.05, 4.69) is 45.9 Å². The Morgan fingerprint density at radius 3 is 2.60 bits per heavy atom. The molecule has 2 rings (SSSR count). The normalized spacial score (nSPS) is 40.2. The summed E-state index contributed by atoms with van der Waals surface area (Å²) >= 11 is 0. The minimum Gasteiger partial charge on any atom is -0.0803 e. The SMILES string of the molecule is CC1=CC2C(C=C1)[C@H](C)CC[C@H]2C(C)C. The minimum atomic E-state index is 0.815. The maximum Gasteiger partial charge on any atom is -0.0131 e. The van der Waals surface area contributed by atoms with Crippen LogP contribution in [0.2, 0.25) is 0 Å². The second kappa shape index (κ2) is 4.15. The van der Waals surface area contributed by atoms with Crippen molar-refractivity contribution in [2.24, 2.45) is 29.6 Å². The first kappa shape index (κ1) is 11.0. The molecule has 0 aromatic carbocycles. The van der Waals surface area contributed by atoms with Gasteiger partial charge in [0.1, 0.15) is 0 Å². The maximum absolute atomic E-state index is 2.53. The molecule has 0 heteroatoms. The van der Waals surface area contributed by atoms with E-state index in [0.29, 0.717) is 0 Å².